The largest absolute Gasteiger partial charge is 0.375 e. The lowest BCUT2D eigenvalue weighted by atomic mass is 10.1. The zero-order valence-corrected chi connectivity index (χ0v) is 16.9. The van der Waals surface area contributed by atoms with Crippen LogP contribution in [0.25, 0.3) is 0 Å². The summed E-state index contributed by atoms with van der Waals surface area (Å²) in [6, 6.07) is 1.79. The molecule has 3 aliphatic rings. The number of carbonyl (C=O) groups excluding carboxylic acids is 4. The van der Waals surface area contributed by atoms with E-state index in [4.69, 9.17) is 4.74 Å². The van der Waals surface area contributed by atoms with Crippen LogP contribution in [0, 0.1) is 0 Å². The molecule has 0 aliphatic carbocycles. The Balaban J connectivity index is 1.49. The average molecular weight is 420 g/mol. The predicted molar refractivity (Wildman–Crippen MR) is 104 cm³/mol. The molecule has 0 unspecified atom stereocenters. The van der Waals surface area contributed by atoms with Crippen LogP contribution in [0.1, 0.15) is 17.7 Å². The predicted octanol–water partition coefficient (Wildman–Crippen LogP) is -0.878. The summed E-state index contributed by atoms with van der Waals surface area (Å²) in [6.45, 7) is 0.623. The molecule has 1 aromatic heterocycles. The summed E-state index contributed by atoms with van der Waals surface area (Å²) in [5.41, 5.74) is 0. The topological polar surface area (TPSA) is 108 Å². The quantitative estimate of drug-likeness (QED) is 0.643. The molecule has 3 aliphatic heterocycles. The van der Waals surface area contributed by atoms with Crippen molar-refractivity contribution in [1.82, 2.24) is 20.4 Å². The standard InChI is InChI=1S/C19H24N4O5S/c1-28-10-15(24)20-11-7-14-18(26)21-13-4-5-22(17(13)19(27)23(14)9-11)16(25)8-12-3-2-6-29-12/h2-3,6,11,13-14,17H,4-5,7-10H2,1H3,(H,20,24)(H,21,26)/t11-,13-,14+,17+/m1/s1. The first-order chi connectivity index (χ1) is 14.0. The molecule has 4 amide bonds. The summed E-state index contributed by atoms with van der Waals surface area (Å²) in [5, 5.41) is 7.68. The fourth-order valence-corrected chi connectivity index (χ4v) is 5.17. The first kappa shape index (κ1) is 19.8. The first-order valence-corrected chi connectivity index (χ1v) is 10.6. The molecule has 1 aromatic rings. The number of thiophene rings is 1. The van der Waals surface area contributed by atoms with Crippen molar-refractivity contribution in [3.8, 4) is 0 Å². The summed E-state index contributed by atoms with van der Waals surface area (Å²) in [5.74, 6) is -0.833. The second-order valence-electron chi connectivity index (χ2n) is 7.63. The third-order valence-electron chi connectivity index (χ3n) is 5.73. The van der Waals surface area contributed by atoms with Crippen LogP contribution in [0.3, 0.4) is 0 Å². The normalized spacial score (nSPS) is 28.6. The summed E-state index contributed by atoms with van der Waals surface area (Å²) in [7, 11) is 1.43. The first-order valence-electron chi connectivity index (χ1n) is 9.69. The Morgan fingerprint density at radius 3 is 2.93 bits per heavy atom. The smallest absolute Gasteiger partial charge is 0.248 e. The molecule has 156 valence electrons. The van der Waals surface area contributed by atoms with E-state index in [9.17, 15) is 19.2 Å². The second-order valence-corrected chi connectivity index (χ2v) is 8.66. The van der Waals surface area contributed by atoms with E-state index >= 15 is 0 Å². The zero-order valence-electron chi connectivity index (χ0n) is 16.1. The van der Waals surface area contributed by atoms with Crippen molar-refractivity contribution in [1.29, 1.82) is 0 Å². The molecule has 2 N–H and O–H groups in total. The summed E-state index contributed by atoms with van der Waals surface area (Å²) in [6.07, 6.45) is 1.17. The van der Waals surface area contributed by atoms with Crippen molar-refractivity contribution < 1.29 is 23.9 Å². The molecule has 3 saturated heterocycles. The highest BCUT2D eigenvalue weighted by atomic mass is 32.1. The van der Waals surface area contributed by atoms with Gasteiger partial charge in [-0.1, -0.05) is 6.07 Å². The molecule has 29 heavy (non-hydrogen) atoms. The molecule has 0 aromatic carbocycles. The van der Waals surface area contributed by atoms with Crippen LogP contribution in [0.4, 0.5) is 0 Å². The van der Waals surface area contributed by atoms with E-state index in [0.29, 0.717) is 19.4 Å². The van der Waals surface area contributed by atoms with E-state index in [1.54, 1.807) is 4.90 Å². The minimum atomic E-state index is -0.690. The number of nitrogens with zero attached hydrogens (tertiary/aromatic N) is 2. The number of carbonyl (C=O) groups is 4. The minimum absolute atomic E-state index is 0.0724. The SMILES string of the molecule is COCC(=O)N[C@@H]1C[C@H]2C(=O)N[C@@H]3CCN(C(=O)Cc4cccs4)[C@@H]3C(=O)N2C1. The van der Waals surface area contributed by atoms with Gasteiger partial charge in [-0.3, -0.25) is 19.2 Å². The number of hydrogen-bond donors (Lipinski definition) is 2. The second kappa shape index (κ2) is 8.11. The van der Waals surface area contributed by atoms with E-state index in [-0.39, 0.29) is 55.3 Å². The van der Waals surface area contributed by atoms with Crippen LogP contribution < -0.4 is 10.6 Å². The highest BCUT2D eigenvalue weighted by Gasteiger charge is 2.52. The average Bonchev–Trinajstić information content (AvgIpc) is 3.39. The van der Waals surface area contributed by atoms with Gasteiger partial charge in [0.05, 0.1) is 12.5 Å². The molecule has 3 fully saturated rings. The molecule has 10 heteroatoms. The molecular weight excluding hydrogens is 396 g/mol. The van der Waals surface area contributed by atoms with Gasteiger partial charge in [-0.25, -0.2) is 0 Å². The molecule has 4 heterocycles. The molecular formula is C19H24N4O5S. The van der Waals surface area contributed by atoms with Crippen LogP contribution >= 0.6 is 11.3 Å². The van der Waals surface area contributed by atoms with Crippen LogP contribution in [-0.2, 0) is 30.3 Å². The number of nitrogens with one attached hydrogen (secondary N) is 2. The number of methoxy groups -OCH3 is 1. The Morgan fingerprint density at radius 1 is 1.38 bits per heavy atom. The highest BCUT2D eigenvalue weighted by Crippen LogP contribution is 2.29. The number of likely N-dealkylation sites (tertiary alicyclic amines) is 1. The van der Waals surface area contributed by atoms with Crippen molar-refractivity contribution in [2.24, 2.45) is 0 Å². The lowest BCUT2D eigenvalue weighted by molar-refractivity contribution is -0.144. The highest BCUT2D eigenvalue weighted by molar-refractivity contribution is 7.10. The maximum absolute atomic E-state index is 13.3. The van der Waals surface area contributed by atoms with Gasteiger partial charge in [-0.05, 0) is 24.3 Å². The van der Waals surface area contributed by atoms with E-state index in [1.807, 2.05) is 17.5 Å². The number of hydrogen-bond acceptors (Lipinski definition) is 6. The fourth-order valence-electron chi connectivity index (χ4n) is 4.47. The van der Waals surface area contributed by atoms with Gasteiger partial charge >= 0.3 is 0 Å². The molecule has 0 spiro atoms. The van der Waals surface area contributed by atoms with Gasteiger partial charge in [-0.2, -0.15) is 0 Å². The molecule has 9 nitrogen and oxygen atoms in total. The molecule has 0 bridgehead atoms. The van der Waals surface area contributed by atoms with Gasteiger partial charge in [0.15, 0.2) is 0 Å². The van der Waals surface area contributed by atoms with Gasteiger partial charge in [0.25, 0.3) is 0 Å². The molecule has 4 rings (SSSR count). The molecule has 4 atom stereocenters. The van der Waals surface area contributed by atoms with E-state index in [1.165, 1.54) is 23.3 Å². The van der Waals surface area contributed by atoms with Gasteiger partial charge in [0.1, 0.15) is 18.7 Å². The van der Waals surface area contributed by atoms with Crippen LogP contribution in [0.2, 0.25) is 0 Å². The maximum Gasteiger partial charge on any atom is 0.248 e. The van der Waals surface area contributed by atoms with Crippen LogP contribution in [-0.4, -0.2) is 84.4 Å². The van der Waals surface area contributed by atoms with E-state index in [0.717, 1.165) is 4.88 Å². The van der Waals surface area contributed by atoms with E-state index < -0.39 is 12.1 Å². The summed E-state index contributed by atoms with van der Waals surface area (Å²) in [4.78, 5) is 54.8. The van der Waals surface area contributed by atoms with Gasteiger partial charge in [-0.15, -0.1) is 11.3 Å². The fraction of sp³-hybridized carbons (Fsp3) is 0.579. The van der Waals surface area contributed by atoms with Crippen LogP contribution in [0.15, 0.2) is 17.5 Å². The number of fused-ring (bicyclic) bond motifs is 2. The monoisotopic (exact) mass is 420 g/mol. The van der Waals surface area contributed by atoms with Gasteiger partial charge in [0.2, 0.25) is 23.6 Å². The number of rotatable bonds is 5. The molecule has 0 radical (unpaired) electrons. The summed E-state index contributed by atoms with van der Waals surface area (Å²) < 4.78 is 4.82. The Hall–Kier alpha value is -2.46. The van der Waals surface area contributed by atoms with Crippen molar-refractivity contribution in [2.45, 2.75) is 43.4 Å². The molecule has 0 saturated carbocycles. The van der Waals surface area contributed by atoms with Gasteiger partial charge < -0.3 is 25.2 Å². The zero-order chi connectivity index (χ0) is 20.5. The van der Waals surface area contributed by atoms with Crippen LogP contribution in [0.5, 0.6) is 0 Å². The van der Waals surface area contributed by atoms with Crippen molar-refractivity contribution >= 4 is 35.0 Å². The maximum atomic E-state index is 13.3. The van der Waals surface area contributed by atoms with Crippen molar-refractivity contribution in [3.63, 3.8) is 0 Å². The number of amides is 4. The Labute approximate surface area is 172 Å². The van der Waals surface area contributed by atoms with Crippen molar-refractivity contribution in [2.75, 3.05) is 26.8 Å². The summed E-state index contributed by atoms with van der Waals surface area (Å²) >= 11 is 1.51. The van der Waals surface area contributed by atoms with E-state index in [2.05, 4.69) is 10.6 Å². The lowest BCUT2D eigenvalue weighted by Crippen LogP contribution is -2.53. The lowest BCUT2D eigenvalue weighted by Gasteiger charge is -2.29. The Morgan fingerprint density at radius 2 is 2.21 bits per heavy atom. The van der Waals surface area contributed by atoms with Crippen molar-refractivity contribution in [3.05, 3.63) is 22.4 Å². The Kier molecular flexibility index (Phi) is 5.55. The minimum Gasteiger partial charge on any atom is -0.375 e. The van der Waals surface area contributed by atoms with Gasteiger partial charge in [0, 0.05) is 31.1 Å². The third kappa shape index (κ3) is 3.86. The third-order valence-corrected chi connectivity index (χ3v) is 6.61. The number of ether oxygens (including phenoxy) is 1. The Bertz CT molecular complexity index is 814.